The standard InChI is InChI=1S/C10H12ClFN2O2S/c11-9-4-3-8(12)7-10(9)17(15,16)14-6-2-1-5-13/h1-4,7,14H,5-6,13H2/b2-1+. The predicted molar refractivity (Wildman–Crippen MR) is 64.8 cm³/mol. The first-order valence-corrected chi connectivity index (χ1v) is 6.63. The van der Waals surface area contributed by atoms with Gasteiger partial charge in [0.1, 0.15) is 10.7 Å². The van der Waals surface area contributed by atoms with E-state index < -0.39 is 15.8 Å². The zero-order valence-corrected chi connectivity index (χ0v) is 10.4. The van der Waals surface area contributed by atoms with Crippen LogP contribution in [0.4, 0.5) is 4.39 Å². The third-order valence-corrected chi connectivity index (χ3v) is 3.78. The summed E-state index contributed by atoms with van der Waals surface area (Å²) in [5.41, 5.74) is 5.20. The largest absolute Gasteiger partial charge is 0.327 e. The molecule has 17 heavy (non-hydrogen) atoms. The van der Waals surface area contributed by atoms with Crippen LogP contribution >= 0.6 is 11.6 Å². The molecule has 0 bridgehead atoms. The molecule has 1 rings (SSSR count). The average molecular weight is 279 g/mol. The normalized spacial score (nSPS) is 12.2. The van der Waals surface area contributed by atoms with Crippen molar-refractivity contribution in [3.63, 3.8) is 0 Å². The van der Waals surface area contributed by atoms with Crippen LogP contribution < -0.4 is 10.5 Å². The van der Waals surface area contributed by atoms with E-state index in [0.29, 0.717) is 6.54 Å². The molecule has 3 N–H and O–H groups in total. The summed E-state index contributed by atoms with van der Waals surface area (Å²) in [5, 5.41) is -0.0262. The summed E-state index contributed by atoms with van der Waals surface area (Å²) in [6.07, 6.45) is 3.17. The molecule has 0 unspecified atom stereocenters. The van der Waals surface area contributed by atoms with Crippen molar-refractivity contribution in [3.8, 4) is 0 Å². The molecule has 0 saturated carbocycles. The predicted octanol–water partition coefficient (Wildman–Crippen LogP) is 1.27. The summed E-state index contributed by atoms with van der Waals surface area (Å²) >= 11 is 5.70. The molecule has 1 aromatic carbocycles. The van der Waals surface area contributed by atoms with Crippen LogP contribution in [0.3, 0.4) is 0 Å². The molecule has 0 atom stereocenters. The highest BCUT2D eigenvalue weighted by Crippen LogP contribution is 2.21. The second kappa shape index (κ2) is 6.11. The Bertz CT molecular complexity index is 517. The zero-order valence-electron chi connectivity index (χ0n) is 8.86. The van der Waals surface area contributed by atoms with Gasteiger partial charge >= 0.3 is 0 Å². The number of nitrogens with one attached hydrogen (secondary N) is 1. The number of hydrogen-bond acceptors (Lipinski definition) is 3. The fourth-order valence-corrected chi connectivity index (χ4v) is 2.58. The van der Waals surface area contributed by atoms with Gasteiger partial charge in [-0.15, -0.1) is 0 Å². The summed E-state index contributed by atoms with van der Waals surface area (Å²) < 4.78 is 38.7. The highest BCUT2D eigenvalue weighted by molar-refractivity contribution is 7.89. The molecule has 0 spiro atoms. The first-order valence-electron chi connectivity index (χ1n) is 4.77. The summed E-state index contributed by atoms with van der Waals surface area (Å²) in [7, 11) is -3.81. The molecule has 0 aliphatic rings. The Labute approximate surface area is 104 Å². The Morgan fingerprint density at radius 2 is 2.12 bits per heavy atom. The lowest BCUT2D eigenvalue weighted by atomic mass is 10.3. The van der Waals surface area contributed by atoms with E-state index in [-0.39, 0.29) is 16.5 Å². The van der Waals surface area contributed by atoms with Crippen molar-refractivity contribution in [2.45, 2.75) is 4.90 Å². The van der Waals surface area contributed by atoms with E-state index in [4.69, 9.17) is 17.3 Å². The number of rotatable bonds is 5. The minimum atomic E-state index is -3.81. The van der Waals surface area contributed by atoms with Crippen LogP contribution in [0.15, 0.2) is 35.2 Å². The highest BCUT2D eigenvalue weighted by atomic mass is 35.5. The minimum absolute atomic E-state index is 0.0262. The van der Waals surface area contributed by atoms with Crippen molar-refractivity contribution in [1.29, 1.82) is 0 Å². The quantitative estimate of drug-likeness (QED) is 0.797. The lowest BCUT2D eigenvalue weighted by Gasteiger charge is -2.06. The maximum atomic E-state index is 12.9. The van der Waals surface area contributed by atoms with Crippen molar-refractivity contribution >= 4 is 21.6 Å². The zero-order chi connectivity index (χ0) is 12.9. The summed E-state index contributed by atoms with van der Waals surface area (Å²) in [4.78, 5) is -0.277. The van der Waals surface area contributed by atoms with E-state index in [1.165, 1.54) is 6.07 Å². The molecule has 4 nitrogen and oxygen atoms in total. The number of nitrogens with two attached hydrogens (primary N) is 1. The monoisotopic (exact) mass is 278 g/mol. The maximum Gasteiger partial charge on any atom is 0.242 e. The first kappa shape index (κ1) is 14.1. The Balaban J connectivity index is 2.89. The molecule has 0 radical (unpaired) electrons. The van der Waals surface area contributed by atoms with E-state index in [1.807, 2.05) is 0 Å². The molecular formula is C10H12ClFN2O2S. The fourth-order valence-electron chi connectivity index (χ4n) is 1.10. The van der Waals surface area contributed by atoms with Gasteiger partial charge in [-0.25, -0.2) is 17.5 Å². The van der Waals surface area contributed by atoms with Crippen molar-refractivity contribution < 1.29 is 12.8 Å². The average Bonchev–Trinajstić information content (AvgIpc) is 2.28. The molecule has 1 aromatic rings. The maximum absolute atomic E-state index is 12.9. The summed E-state index contributed by atoms with van der Waals surface area (Å²) in [6.45, 7) is 0.398. The van der Waals surface area contributed by atoms with Gasteiger partial charge in [0.25, 0.3) is 0 Å². The van der Waals surface area contributed by atoms with Gasteiger partial charge in [0.2, 0.25) is 10.0 Å². The molecule has 0 aromatic heterocycles. The van der Waals surface area contributed by atoms with E-state index in [9.17, 15) is 12.8 Å². The van der Waals surface area contributed by atoms with Crippen LogP contribution in [0.5, 0.6) is 0 Å². The van der Waals surface area contributed by atoms with Gasteiger partial charge in [-0.2, -0.15) is 0 Å². The molecule has 0 aliphatic heterocycles. The molecule has 0 heterocycles. The van der Waals surface area contributed by atoms with Gasteiger partial charge in [-0.05, 0) is 18.2 Å². The molecule has 0 fully saturated rings. The summed E-state index contributed by atoms with van der Waals surface area (Å²) in [5.74, 6) is -0.660. The molecule has 0 aliphatic carbocycles. The number of benzene rings is 1. The van der Waals surface area contributed by atoms with Gasteiger partial charge in [0.05, 0.1) is 5.02 Å². The van der Waals surface area contributed by atoms with Crippen LogP contribution in [0.25, 0.3) is 0 Å². The Morgan fingerprint density at radius 3 is 2.76 bits per heavy atom. The van der Waals surface area contributed by atoms with Crippen molar-refractivity contribution in [2.75, 3.05) is 13.1 Å². The van der Waals surface area contributed by atoms with Gasteiger partial charge < -0.3 is 5.73 Å². The molecule has 94 valence electrons. The van der Waals surface area contributed by atoms with Crippen molar-refractivity contribution in [1.82, 2.24) is 4.72 Å². The Hall–Kier alpha value is -0.950. The van der Waals surface area contributed by atoms with Gasteiger partial charge in [0.15, 0.2) is 0 Å². The second-order valence-corrected chi connectivity index (χ2v) is 5.28. The van der Waals surface area contributed by atoms with E-state index in [0.717, 1.165) is 12.1 Å². The smallest absolute Gasteiger partial charge is 0.242 e. The fraction of sp³-hybridized carbons (Fsp3) is 0.200. The minimum Gasteiger partial charge on any atom is -0.327 e. The molecular weight excluding hydrogens is 267 g/mol. The first-order chi connectivity index (χ1) is 7.97. The topological polar surface area (TPSA) is 72.2 Å². The molecule has 7 heteroatoms. The van der Waals surface area contributed by atoms with Crippen LogP contribution in [-0.2, 0) is 10.0 Å². The van der Waals surface area contributed by atoms with Crippen molar-refractivity contribution in [3.05, 3.63) is 41.2 Å². The van der Waals surface area contributed by atoms with E-state index in [1.54, 1.807) is 12.2 Å². The van der Waals surface area contributed by atoms with Crippen LogP contribution in [0.2, 0.25) is 5.02 Å². The number of sulfonamides is 1. The number of halogens is 2. The third kappa shape index (κ3) is 4.08. The van der Waals surface area contributed by atoms with Gasteiger partial charge in [-0.3, -0.25) is 0 Å². The van der Waals surface area contributed by atoms with E-state index in [2.05, 4.69) is 4.72 Å². The second-order valence-electron chi connectivity index (χ2n) is 3.13. The van der Waals surface area contributed by atoms with Gasteiger partial charge in [-0.1, -0.05) is 23.8 Å². The highest BCUT2D eigenvalue weighted by Gasteiger charge is 2.17. The Morgan fingerprint density at radius 1 is 1.41 bits per heavy atom. The Kier molecular flexibility index (Phi) is 5.07. The third-order valence-electron chi connectivity index (χ3n) is 1.88. The van der Waals surface area contributed by atoms with Crippen LogP contribution in [0, 0.1) is 5.82 Å². The summed E-state index contributed by atoms with van der Waals surface area (Å²) in [6, 6.07) is 3.16. The van der Waals surface area contributed by atoms with Crippen LogP contribution in [-0.4, -0.2) is 21.5 Å². The SMILES string of the molecule is NC/C=C/CNS(=O)(=O)c1cc(F)ccc1Cl. The molecule has 0 saturated heterocycles. The molecule has 0 amide bonds. The number of hydrogen-bond donors (Lipinski definition) is 2. The van der Waals surface area contributed by atoms with Gasteiger partial charge in [0, 0.05) is 13.1 Å². The van der Waals surface area contributed by atoms with Crippen LogP contribution in [0.1, 0.15) is 0 Å². The van der Waals surface area contributed by atoms with E-state index >= 15 is 0 Å². The van der Waals surface area contributed by atoms with Crippen molar-refractivity contribution in [2.24, 2.45) is 5.73 Å². The lowest BCUT2D eigenvalue weighted by Crippen LogP contribution is -2.24. The lowest BCUT2D eigenvalue weighted by molar-refractivity contribution is 0.581.